The minimum atomic E-state index is 0. The number of likely N-dealkylation sites (tertiary alicyclic amines) is 1. The number of benzene rings is 2. The minimum absolute atomic E-state index is 0. The van der Waals surface area contributed by atoms with Gasteiger partial charge in [-0.3, -0.25) is 4.79 Å². The normalized spacial score (nSPS) is 14.2. The van der Waals surface area contributed by atoms with Crippen molar-refractivity contribution in [2.24, 2.45) is 4.99 Å². The number of para-hydroxylation sites is 1. The fourth-order valence-corrected chi connectivity index (χ4v) is 3.08. The van der Waals surface area contributed by atoms with Gasteiger partial charge in [0, 0.05) is 18.8 Å². The number of carbonyl (C=O) groups excluding carboxylic acids is 1. The summed E-state index contributed by atoms with van der Waals surface area (Å²) in [5.41, 5.74) is 3.31. The van der Waals surface area contributed by atoms with Crippen LogP contribution in [0.1, 0.15) is 30.4 Å². The molecule has 0 radical (unpaired) electrons. The summed E-state index contributed by atoms with van der Waals surface area (Å²) in [6.45, 7) is 4.61. The van der Waals surface area contributed by atoms with Crippen molar-refractivity contribution >= 4 is 41.5 Å². The molecule has 1 saturated heterocycles. The summed E-state index contributed by atoms with van der Waals surface area (Å²) < 4.78 is 0. The smallest absolute Gasteiger partial charge is 0.241 e. The third-order valence-electron chi connectivity index (χ3n) is 4.69. The standard InChI is InChI=1S/C22H28N4O.HI/c1-18-10-12-19(13-11-18)16-23-22(25-20-8-4-2-5-9-20)24-17-21(27)26-14-6-3-7-15-26;/h2,4-5,8-13H,3,6-7,14-17H2,1H3,(H2,23,24,25);1H. The summed E-state index contributed by atoms with van der Waals surface area (Å²) in [4.78, 5) is 19.0. The highest BCUT2D eigenvalue weighted by atomic mass is 127. The monoisotopic (exact) mass is 492 g/mol. The first kappa shape index (κ1) is 22.2. The van der Waals surface area contributed by atoms with Crippen molar-refractivity contribution in [2.75, 3.05) is 25.0 Å². The van der Waals surface area contributed by atoms with Gasteiger partial charge in [-0.15, -0.1) is 24.0 Å². The first-order valence-corrected chi connectivity index (χ1v) is 9.64. The Morgan fingerprint density at radius 3 is 2.36 bits per heavy atom. The van der Waals surface area contributed by atoms with Crippen LogP contribution in [0.3, 0.4) is 0 Å². The molecule has 5 nitrogen and oxygen atoms in total. The van der Waals surface area contributed by atoms with E-state index in [-0.39, 0.29) is 36.4 Å². The van der Waals surface area contributed by atoms with Crippen LogP contribution in [-0.2, 0) is 11.3 Å². The maximum atomic E-state index is 12.4. The molecule has 0 saturated carbocycles. The van der Waals surface area contributed by atoms with Gasteiger partial charge in [0.2, 0.25) is 5.91 Å². The molecule has 150 valence electrons. The Kier molecular flexibility index (Phi) is 9.27. The molecule has 0 aliphatic carbocycles. The lowest BCUT2D eigenvalue weighted by molar-refractivity contribution is -0.130. The van der Waals surface area contributed by atoms with Crippen molar-refractivity contribution in [3.63, 3.8) is 0 Å². The van der Waals surface area contributed by atoms with Gasteiger partial charge in [0.25, 0.3) is 0 Å². The Morgan fingerprint density at radius 1 is 1.00 bits per heavy atom. The Bertz CT molecular complexity index is 756. The molecule has 2 aromatic carbocycles. The molecular weight excluding hydrogens is 463 g/mol. The molecule has 1 heterocycles. The molecule has 1 amide bonds. The molecule has 0 atom stereocenters. The van der Waals surface area contributed by atoms with Crippen molar-refractivity contribution in [3.8, 4) is 0 Å². The average molecular weight is 492 g/mol. The van der Waals surface area contributed by atoms with Crippen molar-refractivity contribution in [2.45, 2.75) is 32.7 Å². The second-order valence-electron chi connectivity index (χ2n) is 6.94. The number of rotatable bonds is 5. The van der Waals surface area contributed by atoms with Gasteiger partial charge < -0.3 is 15.5 Å². The van der Waals surface area contributed by atoms with E-state index in [0.717, 1.165) is 37.2 Å². The molecule has 6 heteroatoms. The van der Waals surface area contributed by atoms with Gasteiger partial charge in [-0.05, 0) is 43.9 Å². The Morgan fingerprint density at radius 2 is 1.68 bits per heavy atom. The molecular formula is C22H29IN4O. The second-order valence-corrected chi connectivity index (χ2v) is 6.94. The predicted molar refractivity (Wildman–Crippen MR) is 126 cm³/mol. The number of anilines is 1. The molecule has 0 aromatic heterocycles. The summed E-state index contributed by atoms with van der Waals surface area (Å²) in [7, 11) is 0. The number of halogens is 1. The number of aryl methyl sites for hydroxylation is 1. The molecule has 2 N–H and O–H groups in total. The van der Waals surface area contributed by atoms with Crippen LogP contribution in [0.2, 0.25) is 0 Å². The zero-order chi connectivity index (χ0) is 18.9. The van der Waals surface area contributed by atoms with E-state index in [9.17, 15) is 4.79 Å². The van der Waals surface area contributed by atoms with E-state index in [1.807, 2.05) is 35.2 Å². The van der Waals surface area contributed by atoms with E-state index in [1.165, 1.54) is 12.0 Å². The molecule has 1 aliphatic heterocycles. The number of amides is 1. The highest BCUT2D eigenvalue weighted by Gasteiger charge is 2.16. The number of piperidine rings is 1. The van der Waals surface area contributed by atoms with E-state index in [0.29, 0.717) is 12.5 Å². The number of guanidine groups is 1. The molecule has 28 heavy (non-hydrogen) atoms. The summed E-state index contributed by atoms with van der Waals surface area (Å²) in [6.07, 6.45) is 3.42. The Hall–Kier alpha value is -2.09. The topological polar surface area (TPSA) is 56.7 Å². The molecule has 1 fully saturated rings. The highest BCUT2D eigenvalue weighted by molar-refractivity contribution is 14.0. The highest BCUT2D eigenvalue weighted by Crippen LogP contribution is 2.09. The van der Waals surface area contributed by atoms with Crippen LogP contribution in [0.15, 0.2) is 59.6 Å². The largest absolute Gasteiger partial charge is 0.347 e. The lowest BCUT2D eigenvalue weighted by Crippen LogP contribution is -2.44. The third-order valence-corrected chi connectivity index (χ3v) is 4.69. The number of nitrogens with zero attached hydrogens (tertiary/aromatic N) is 2. The summed E-state index contributed by atoms with van der Waals surface area (Å²) in [5, 5.41) is 6.48. The van der Waals surface area contributed by atoms with Crippen LogP contribution in [-0.4, -0.2) is 36.4 Å². The lowest BCUT2D eigenvalue weighted by atomic mass is 10.1. The minimum Gasteiger partial charge on any atom is -0.347 e. The quantitative estimate of drug-likeness (QED) is 0.374. The number of aliphatic imine (C=N–C) groups is 1. The van der Waals surface area contributed by atoms with Crippen molar-refractivity contribution < 1.29 is 4.79 Å². The van der Waals surface area contributed by atoms with Gasteiger partial charge in [-0.25, -0.2) is 4.99 Å². The molecule has 0 bridgehead atoms. The van der Waals surface area contributed by atoms with Crippen LogP contribution in [0.5, 0.6) is 0 Å². The van der Waals surface area contributed by atoms with Gasteiger partial charge in [0.15, 0.2) is 5.96 Å². The molecule has 0 unspecified atom stereocenters. The number of hydrogen-bond acceptors (Lipinski definition) is 2. The Balaban J connectivity index is 0.00000280. The fraction of sp³-hybridized carbons (Fsp3) is 0.364. The predicted octanol–water partition coefficient (Wildman–Crippen LogP) is 4.18. The van der Waals surface area contributed by atoms with Crippen LogP contribution < -0.4 is 10.6 Å². The van der Waals surface area contributed by atoms with Gasteiger partial charge >= 0.3 is 0 Å². The maximum absolute atomic E-state index is 12.4. The maximum Gasteiger partial charge on any atom is 0.241 e. The molecule has 3 rings (SSSR count). The average Bonchev–Trinajstić information content (AvgIpc) is 2.72. The van der Waals surface area contributed by atoms with E-state index in [1.54, 1.807) is 0 Å². The van der Waals surface area contributed by atoms with Gasteiger partial charge in [0.05, 0.1) is 13.1 Å². The number of carbonyl (C=O) groups is 1. The fourth-order valence-electron chi connectivity index (χ4n) is 3.08. The summed E-state index contributed by atoms with van der Waals surface area (Å²) in [6, 6.07) is 18.2. The third kappa shape index (κ3) is 7.14. The first-order valence-electron chi connectivity index (χ1n) is 9.64. The van der Waals surface area contributed by atoms with E-state index < -0.39 is 0 Å². The van der Waals surface area contributed by atoms with Gasteiger partial charge in [-0.2, -0.15) is 0 Å². The second kappa shape index (κ2) is 11.7. The van der Waals surface area contributed by atoms with Crippen LogP contribution in [0.25, 0.3) is 0 Å². The summed E-state index contributed by atoms with van der Waals surface area (Å²) in [5.74, 6) is 0.750. The molecule has 0 spiro atoms. The summed E-state index contributed by atoms with van der Waals surface area (Å²) >= 11 is 0. The van der Waals surface area contributed by atoms with Crippen LogP contribution >= 0.6 is 24.0 Å². The van der Waals surface area contributed by atoms with Crippen molar-refractivity contribution in [1.82, 2.24) is 10.2 Å². The van der Waals surface area contributed by atoms with E-state index in [2.05, 4.69) is 46.8 Å². The zero-order valence-corrected chi connectivity index (χ0v) is 18.7. The first-order chi connectivity index (χ1) is 13.2. The van der Waals surface area contributed by atoms with Gasteiger partial charge in [-0.1, -0.05) is 48.0 Å². The number of hydrogen-bond donors (Lipinski definition) is 2. The van der Waals surface area contributed by atoms with Crippen molar-refractivity contribution in [1.29, 1.82) is 0 Å². The van der Waals surface area contributed by atoms with Crippen LogP contribution in [0.4, 0.5) is 5.69 Å². The lowest BCUT2D eigenvalue weighted by Gasteiger charge is -2.27. The van der Waals surface area contributed by atoms with Crippen molar-refractivity contribution in [3.05, 3.63) is 65.7 Å². The molecule has 2 aromatic rings. The van der Waals surface area contributed by atoms with Gasteiger partial charge in [0.1, 0.15) is 0 Å². The zero-order valence-electron chi connectivity index (χ0n) is 16.4. The number of nitrogens with one attached hydrogen (secondary N) is 2. The SMILES string of the molecule is Cc1ccc(CN=C(NCC(=O)N2CCCCC2)Nc2ccccc2)cc1.I. The van der Waals surface area contributed by atoms with Crippen LogP contribution in [0, 0.1) is 6.92 Å². The van der Waals surface area contributed by atoms with E-state index >= 15 is 0 Å². The molecule has 1 aliphatic rings. The van der Waals surface area contributed by atoms with E-state index in [4.69, 9.17) is 0 Å². The Labute approximate surface area is 184 Å².